The molecule has 3 N–H and O–H groups in total. The molecule has 0 radical (unpaired) electrons. The molecule has 4 heteroatoms. The van der Waals surface area contributed by atoms with E-state index < -0.39 is 0 Å². The van der Waals surface area contributed by atoms with Crippen molar-refractivity contribution in [2.45, 2.75) is 18.9 Å². The normalized spacial score (nSPS) is 17.5. The van der Waals surface area contributed by atoms with Gasteiger partial charge in [0, 0.05) is 38.7 Å². The monoisotopic (exact) mass is 335 g/mol. The number of benzene rings is 2. The zero-order chi connectivity index (χ0) is 16.1. The van der Waals surface area contributed by atoms with Crippen molar-refractivity contribution in [2.75, 3.05) is 6.54 Å². The first kappa shape index (κ1) is 14.1. The van der Waals surface area contributed by atoms with Crippen LogP contribution in [0.2, 0.25) is 5.02 Å². The van der Waals surface area contributed by atoms with Crippen LogP contribution in [0.25, 0.3) is 21.8 Å². The number of para-hydroxylation sites is 1. The fourth-order valence-corrected chi connectivity index (χ4v) is 4.15. The summed E-state index contributed by atoms with van der Waals surface area (Å²) in [6, 6.07) is 14.9. The van der Waals surface area contributed by atoms with Gasteiger partial charge in [0.1, 0.15) is 0 Å². The van der Waals surface area contributed by atoms with Gasteiger partial charge in [-0.2, -0.15) is 0 Å². The highest BCUT2D eigenvalue weighted by atomic mass is 35.5. The second-order valence-electron chi connectivity index (χ2n) is 6.53. The maximum absolute atomic E-state index is 6.20. The largest absolute Gasteiger partial charge is 0.361 e. The Morgan fingerprint density at radius 1 is 1.04 bits per heavy atom. The molecule has 0 aliphatic carbocycles. The highest BCUT2D eigenvalue weighted by molar-refractivity contribution is 6.31. The summed E-state index contributed by atoms with van der Waals surface area (Å²) in [6.45, 7) is 0.999. The third kappa shape index (κ3) is 2.16. The van der Waals surface area contributed by atoms with E-state index in [0.717, 1.165) is 24.4 Å². The molecule has 3 nitrogen and oxygen atoms in total. The van der Waals surface area contributed by atoms with Crippen molar-refractivity contribution < 1.29 is 0 Å². The molecule has 5 rings (SSSR count). The quantitative estimate of drug-likeness (QED) is 0.487. The van der Waals surface area contributed by atoms with Gasteiger partial charge in [-0.05, 0) is 54.8 Å². The number of aromatic amines is 2. The topological polar surface area (TPSA) is 43.6 Å². The van der Waals surface area contributed by atoms with E-state index in [-0.39, 0.29) is 0 Å². The van der Waals surface area contributed by atoms with E-state index in [9.17, 15) is 0 Å². The van der Waals surface area contributed by atoms with E-state index in [1.807, 2.05) is 6.07 Å². The fraction of sp³-hybridized carbons (Fsp3) is 0.200. The second kappa shape index (κ2) is 5.40. The maximum atomic E-state index is 6.20. The average molecular weight is 336 g/mol. The fourth-order valence-electron chi connectivity index (χ4n) is 3.98. The van der Waals surface area contributed by atoms with Gasteiger partial charge in [-0.25, -0.2) is 0 Å². The van der Waals surface area contributed by atoms with Crippen LogP contribution in [0.4, 0.5) is 0 Å². The number of hydrogen-bond acceptors (Lipinski definition) is 1. The number of hydrogen-bond donors (Lipinski definition) is 3. The summed E-state index contributed by atoms with van der Waals surface area (Å²) < 4.78 is 0. The molecule has 0 bridgehead atoms. The van der Waals surface area contributed by atoms with Gasteiger partial charge in [-0.15, -0.1) is 0 Å². The summed E-state index contributed by atoms with van der Waals surface area (Å²) in [4.78, 5) is 7.00. The molecule has 2 aromatic carbocycles. The number of aromatic nitrogens is 2. The third-order valence-corrected chi connectivity index (χ3v) is 5.35. The van der Waals surface area contributed by atoms with Crippen LogP contribution in [0.5, 0.6) is 0 Å². The van der Waals surface area contributed by atoms with Crippen LogP contribution < -0.4 is 5.32 Å². The molecular weight excluding hydrogens is 318 g/mol. The Balaban J connectivity index is 1.58. The summed E-state index contributed by atoms with van der Waals surface area (Å²) in [6.07, 6.45) is 4.15. The molecule has 0 spiro atoms. The molecule has 0 saturated carbocycles. The SMILES string of the molecule is Clc1ccc2[nH]c3c(c2c1)CCNC3Cc1c[nH]c2ccccc12. The molecule has 4 aromatic rings. The lowest BCUT2D eigenvalue weighted by Crippen LogP contribution is -2.31. The van der Waals surface area contributed by atoms with Crippen molar-refractivity contribution in [1.82, 2.24) is 15.3 Å². The van der Waals surface area contributed by atoms with Gasteiger partial charge in [0.15, 0.2) is 0 Å². The molecule has 120 valence electrons. The molecule has 3 heterocycles. The molecule has 0 amide bonds. The number of nitrogens with one attached hydrogen (secondary N) is 3. The second-order valence-corrected chi connectivity index (χ2v) is 6.96. The Kier molecular flexibility index (Phi) is 3.18. The molecule has 1 unspecified atom stereocenters. The Morgan fingerprint density at radius 2 is 1.96 bits per heavy atom. The van der Waals surface area contributed by atoms with Crippen LogP contribution >= 0.6 is 11.6 Å². The Bertz CT molecular complexity index is 1040. The minimum Gasteiger partial charge on any atom is -0.361 e. The van der Waals surface area contributed by atoms with Gasteiger partial charge in [-0.1, -0.05) is 29.8 Å². The zero-order valence-electron chi connectivity index (χ0n) is 13.2. The first-order chi connectivity index (χ1) is 11.8. The van der Waals surface area contributed by atoms with Crippen molar-refractivity contribution in [2.24, 2.45) is 0 Å². The van der Waals surface area contributed by atoms with Crippen LogP contribution in [0.3, 0.4) is 0 Å². The van der Waals surface area contributed by atoms with E-state index in [4.69, 9.17) is 11.6 Å². The van der Waals surface area contributed by atoms with Crippen molar-refractivity contribution in [3.63, 3.8) is 0 Å². The Hall–Kier alpha value is -2.23. The standard InChI is InChI=1S/C20H18ClN3/c21-13-5-6-18-16(10-13)15-7-8-22-19(20(15)24-18)9-12-11-23-17-4-2-1-3-14(12)17/h1-6,10-11,19,22-24H,7-9H2. The molecule has 0 fully saturated rings. The van der Waals surface area contributed by atoms with Crippen LogP contribution in [-0.2, 0) is 12.8 Å². The first-order valence-corrected chi connectivity index (χ1v) is 8.76. The Labute approximate surface area is 145 Å². The van der Waals surface area contributed by atoms with Crippen LogP contribution in [0.1, 0.15) is 22.9 Å². The minimum absolute atomic E-state index is 0.305. The highest BCUT2D eigenvalue weighted by Crippen LogP contribution is 2.34. The van der Waals surface area contributed by atoms with E-state index in [1.165, 1.54) is 38.6 Å². The molecule has 1 aliphatic rings. The van der Waals surface area contributed by atoms with Gasteiger partial charge < -0.3 is 15.3 Å². The number of H-pyrrole nitrogens is 2. The third-order valence-electron chi connectivity index (χ3n) is 5.11. The highest BCUT2D eigenvalue weighted by Gasteiger charge is 2.24. The van der Waals surface area contributed by atoms with E-state index in [0.29, 0.717) is 6.04 Å². The molecular formula is C20H18ClN3. The van der Waals surface area contributed by atoms with Crippen LogP contribution in [0.15, 0.2) is 48.7 Å². The lowest BCUT2D eigenvalue weighted by molar-refractivity contribution is 0.496. The number of rotatable bonds is 2. The predicted molar refractivity (Wildman–Crippen MR) is 99.8 cm³/mol. The Morgan fingerprint density at radius 3 is 2.92 bits per heavy atom. The van der Waals surface area contributed by atoms with Crippen LogP contribution in [0, 0.1) is 0 Å². The summed E-state index contributed by atoms with van der Waals surface area (Å²) in [7, 11) is 0. The van der Waals surface area contributed by atoms with E-state index in [1.54, 1.807) is 0 Å². The molecule has 1 atom stereocenters. The average Bonchev–Trinajstić information content (AvgIpc) is 3.17. The van der Waals surface area contributed by atoms with Gasteiger partial charge >= 0.3 is 0 Å². The minimum atomic E-state index is 0.305. The van der Waals surface area contributed by atoms with Gasteiger partial charge in [0.05, 0.1) is 6.04 Å². The summed E-state index contributed by atoms with van der Waals surface area (Å²) in [5, 5.41) is 7.05. The first-order valence-electron chi connectivity index (χ1n) is 8.38. The van der Waals surface area contributed by atoms with Crippen LogP contribution in [-0.4, -0.2) is 16.5 Å². The van der Waals surface area contributed by atoms with Crippen molar-refractivity contribution >= 4 is 33.4 Å². The maximum Gasteiger partial charge on any atom is 0.0517 e. The van der Waals surface area contributed by atoms with Gasteiger partial charge in [0.25, 0.3) is 0 Å². The predicted octanol–water partition coefficient (Wildman–Crippen LogP) is 4.73. The number of halogens is 1. The van der Waals surface area contributed by atoms with Gasteiger partial charge in [-0.3, -0.25) is 0 Å². The van der Waals surface area contributed by atoms with E-state index >= 15 is 0 Å². The van der Waals surface area contributed by atoms with Gasteiger partial charge in [0.2, 0.25) is 0 Å². The zero-order valence-corrected chi connectivity index (χ0v) is 14.0. The molecule has 2 aromatic heterocycles. The van der Waals surface area contributed by atoms with Crippen molar-refractivity contribution in [3.8, 4) is 0 Å². The summed E-state index contributed by atoms with van der Waals surface area (Å²) >= 11 is 6.20. The number of fused-ring (bicyclic) bond motifs is 4. The lowest BCUT2D eigenvalue weighted by atomic mass is 9.94. The summed E-state index contributed by atoms with van der Waals surface area (Å²) in [5.74, 6) is 0. The molecule has 1 aliphatic heterocycles. The molecule has 24 heavy (non-hydrogen) atoms. The summed E-state index contributed by atoms with van der Waals surface area (Å²) in [5.41, 5.74) is 6.46. The smallest absolute Gasteiger partial charge is 0.0517 e. The molecule has 0 saturated heterocycles. The lowest BCUT2D eigenvalue weighted by Gasteiger charge is -2.24. The van der Waals surface area contributed by atoms with Crippen molar-refractivity contribution in [3.05, 3.63) is 70.5 Å². The van der Waals surface area contributed by atoms with E-state index in [2.05, 4.69) is 57.9 Å². The van der Waals surface area contributed by atoms with Crippen molar-refractivity contribution in [1.29, 1.82) is 0 Å².